The molecule has 0 fully saturated rings. The maximum Gasteiger partial charge on any atom is 0.306 e. The van der Waals surface area contributed by atoms with Crippen LogP contribution in [-0.2, 0) is 20.7 Å². The van der Waals surface area contributed by atoms with Crippen LogP contribution in [0.4, 0.5) is 5.13 Å². The minimum absolute atomic E-state index is 0.149. The Labute approximate surface area is 128 Å². The third kappa shape index (κ3) is 4.68. The van der Waals surface area contributed by atoms with Crippen LogP contribution in [-0.4, -0.2) is 37.8 Å². The predicted molar refractivity (Wildman–Crippen MR) is 84.9 cm³/mol. The van der Waals surface area contributed by atoms with Crippen LogP contribution in [0.15, 0.2) is 18.2 Å². The Bertz CT molecular complexity index is 598. The number of hydrogen-bond acceptors (Lipinski definition) is 6. The Hall–Kier alpha value is -1.66. The number of aromatic nitrogens is 1. The zero-order chi connectivity index (χ0) is 15.1. The second-order valence-corrected chi connectivity index (χ2v) is 5.58. The molecule has 21 heavy (non-hydrogen) atoms. The average molecular weight is 308 g/mol. The van der Waals surface area contributed by atoms with Gasteiger partial charge >= 0.3 is 5.97 Å². The van der Waals surface area contributed by atoms with E-state index in [9.17, 15) is 4.79 Å². The van der Waals surface area contributed by atoms with Crippen molar-refractivity contribution in [1.29, 1.82) is 0 Å². The standard InChI is InChI=1S/C15H20N2O3S/c1-3-20-14(18)7-5-11-4-6-12-13(10-11)21-15(17-12)16-8-9-19-2/h4,6,10H,3,5,7-9H2,1-2H3,(H,16,17). The van der Waals surface area contributed by atoms with E-state index < -0.39 is 0 Å². The quantitative estimate of drug-likeness (QED) is 0.600. The van der Waals surface area contributed by atoms with Crippen LogP contribution >= 0.6 is 11.3 Å². The number of anilines is 1. The molecule has 5 nitrogen and oxygen atoms in total. The fourth-order valence-corrected chi connectivity index (χ4v) is 2.89. The number of fused-ring (bicyclic) bond motifs is 1. The topological polar surface area (TPSA) is 60.5 Å². The van der Waals surface area contributed by atoms with Gasteiger partial charge in [0, 0.05) is 20.1 Å². The third-order valence-electron chi connectivity index (χ3n) is 2.96. The van der Waals surface area contributed by atoms with E-state index >= 15 is 0 Å². The molecule has 0 radical (unpaired) electrons. The zero-order valence-corrected chi connectivity index (χ0v) is 13.2. The van der Waals surface area contributed by atoms with Crippen molar-refractivity contribution < 1.29 is 14.3 Å². The minimum Gasteiger partial charge on any atom is -0.466 e. The van der Waals surface area contributed by atoms with E-state index in [2.05, 4.69) is 16.4 Å². The number of nitrogens with one attached hydrogen (secondary N) is 1. The lowest BCUT2D eigenvalue weighted by Gasteiger charge is -2.02. The van der Waals surface area contributed by atoms with Crippen LogP contribution in [0.5, 0.6) is 0 Å². The summed E-state index contributed by atoms with van der Waals surface area (Å²) < 4.78 is 11.1. The Morgan fingerprint density at radius 2 is 2.29 bits per heavy atom. The Balaban J connectivity index is 1.98. The van der Waals surface area contributed by atoms with Crippen LogP contribution in [0.2, 0.25) is 0 Å². The van der Waals surface area contributed by atoms with E-state index in [1.165, 1.54) is 0 Å². The molecule has 0 aliphatic carbocycles. The number of carbonyl (C=O) groups excluding carboxylic acids is 1. The molecule has 2 aromatic rings. The number of nitrogens with zero attached hydrogens (tertiary/aromatic N) is 1. The van der Waals surface area contributed by atoms with Crippen molar-refractivity contribution in [2.45, 2.75) is 19.8 Å². The molecule has 0 unspecified atom stereocenters. The lowest BCUT2D eigenvalue weighted by Crippen LogP contribution is -2.06. The highest BCUT2D eigenvalue weighted by atomic mass is 32.1. The summed E-state index contributed by atoms with van der Waals surface area (Å²) in [5.74, 6) is -0.149. The van der Waals surface area contributed by atoms with Crippen LogP contribution < -0.4 is 5.32 Å². The van der Waals surface area contributed by atoms with Crippen LogP contribution in [0, 0.1) is 0 Å². The third-order valence-corrected chi connectivity index (χ3v) is 3.93. The van der Waals surface area contributed by atoms with Gasteiger partial charge in [-0.15, -0.1) is 0 Å². The first-order valence-corrected chi connectivity index (χ1v) is 7.82. The van der Waals surface area contributed by atoms with Gasteiger partial charge in [0.05, 0.1) is 23.4 Å². The summed E-state index contributed by atoms with van der Waals surface area (Å²) in [7, 11) is 1.68. The predicted octanol–water partition coefficient (Wildman–Crippen LogP) is 2.85. The van der Waals surface area contributed by atoms with Gasteiger partial charge in [0.25, 0.3) is 0 Å². The lowest BCUT2D eigenvalue weighted by atomic mass is 10.1. The lowest BCUT2D eigenvalue weighted by molar-refractivity contribution is -0.143. The van der Waals surface area contributed by atoms with E-state index in [0.717, 1.165) is 27.5 Å². The normalized spacial score (nSPS) is 10.8. The van der Waals surface area contributed by atoms with E-state index in [0.29, 0.717) is 26.1 Å². The number of methoxy groups -OCH3 is 1. The fourth-order valence-electron chi connectivity index (χ4n) is 1.94. The molecule has 0 spiro atoms. The Morgan fingerprint density at radius 1 is 1.43 bits per heavy atom. The molecule has 2 rings (SSSR count). The monoisotopic (exact) mass is 308 g/mol. The van der Waals surface area contributed by atoms with Gasteiger partial charge in [-0.3, -0.25) is 4.79 Å². The smallest absolute Gasteiger partial charge is 0.306 e. The first-order chi connectivity index (χ1) is 10.2. The van der Waals surface area contributed by atoms with Crippen molar-refractivity contribution in [1.82, 2.24) is 4.98 Å². The maximum absolute atomic E-state index is 11.4. The summed E-state index contributed by atoms with van der Waals surface area (Å²) in [6.45, 7) is 3.65. The second kappa shape index (κ2) is 7.95. The highest BCUT2D eigenvalue weighted by molar-refractivity contribution is 7.22. The largest absolute Gasteiger partial charge is 0.466 e. The Morgan fingerprint density at radius 3 is 3.05 bits per heavy atom. The molecule has 0 saturated carbocycles. The molecule has 1 aromatic carbocycles. The molecule has 0 saturated heterocycles. The summed E-state index contributed by atoms with van der Waals surface area (Å²) >= 11 is 1.61. The van der Waals surface area contributed by atoms with Crippen LogP contribution in [0.3, 0.4) is 0 Å². The number of ether oxygens (including phenoxy) is 2. The van der Waals surface area contributed by atoms with Gasteiger partial charge in [0.1, 0.15) is 0 Å². The van der Waals surface area contributed by atoms with E-state index in [1.54, 1.807) is 18.4 Å². The number of aryl methyl sites for hydroxylation is 1. The van der Waals surface area contributed by atoms with E-state index in [4.69, 9.17) is 9.47 Å². The number of rotatable bonds is 8. The summed E-state index contributed by atoms with van der Waals surface area (Å²) in [5, 5.41) is 4.12. The highest BCUT2D eigenvalue weighted by Gasteiger charge is 2.06. The fraction of sp³-hybridized carbons (Fsp3) is 0.467. The molecule has 0 amide bonds. The molecule has 114 valence electrons. The second-order valence-electron chi connectivity index (χ2n) is 4.55. The summed E-state index contributed by atoms with van der Waals surface area (Å²) in [6.07, 6.45) is 1.11. The van der Waals surface area contributed by atoms with Crippen molar-refractivity contribution in [3.63, 3.8) is 0 Å². The van der Waals surface area contributed by atoms with Gasteiger partial charge < -0.3 is 14.8 Å². The highest BCUT2D eigenvalue weighted by Crippen LogP contribution is 2.27. The van der Waals surface area contributed by atoms with Crippen LogP contribution in [0.25, 0.3) is 10.2 Å². The van der Waals surface area contributed by atoms with Gasteiger partial charge in [-0.05, 0) is 31.0 Å². The average Bonchev–Trinajstić information content (AvgIpc) is 2.87. The van der Waals surface area contributed by atoms with E-state index in [-0.39, 0.29) is 5.97 Å². The zero-order valence-electron chi connectivity index (χ0n) is 12.3. The van der Waals surface area contributed by atoms with Gasteiger partial charge in [0.15, 0.2) is 5.13 Å². The van der Waals surface area contributed by atoms with Crippen molar-refractivity contribution >= 4 is 32.7 Å². The molecule has 6 heteroatoms. The number of esters is 1. The molecular weight excluding hydrogens is 288 g/mol. The number of carbonyl (C=O) groups is 1. The molecule has 0 aliphatic rings. The number of hydrogen-bond donors (Lipinski definition) is 1. The van der Waals surface area contributed by atoms with Gasteiger partial charge in [-0.2, -0.15) is 0 Å². The molecule has 1 aromatic heterocycles. The van der Waals surface area contributed by atoms with E-state index in [1.807, 2.05) is 19.1 Å². The molecule has 1 N–H and O–H groups in total. The molecule has 0 atom stereocenters. The Kier molecular flexibility index (Phi) is 5.95. The molecule has 0 bridgehead atoms. The molecule has 0 aliphatic heterocycles. The first-order valence-electron chi connectivity index (χ1n) is 7.01. The molecule has 1 heterocycles. The number of thiazole rings is 1. The van der Waals surface area contributed by atoms with Crippen molar-refractivity contribution in [3.05, 3.63) is 23.8 Å². The van der Waals surface area contributed by atoms with Crippen molar-refractivity contribution in [2.24, 2.45) is 0 Å². The summed E-state index contributed by atoms with van der Waals surface area (Å²) in [5.41, 5.74) is 2.10. The van der Waals surface area contributed by atoms with Gasteiger partial charge in [-0.1, -0.05) is 17.4 Å². The summed E-state index contributed by atoms with van der Waals surface area (Å²) in [6, 6.07) is 6.10. The van der Waals surface area contributed by atoms with Crippen LogP contribution in [0.1, 0.15) is 18.9 Å². The maximum atomic E-state index is 11.4. The van der Waals surface area contributed by atoms with Gasteiger partial charge in [-0.25, -0.2) is 4.98 Å². The number of benzene rings is 1. The van der Waals surface area contributed by atoms with Crippen molar-refractivity contribution in [3.8, 4) is 0 Å². The molecular formula is C15H20N2O3S. The minimum atomic E-state index is -0.149. The SMILES string of the molecule is CCOC(=O)CCc1ccc2nc(NCCOC)sc2c1. The van der Waals surface area contributed by atoms with Gasteiger partial charge in [0.2, 0.25) is 0 Å². The summed E-state index contributed by atoms with van der Waals surface area (Å²) in [4.78, 5) is 15.9. The first kappa shape index (κ1) is 15.7. The van der Waals surface area contributed by atoms with Crippen molar-refractivity contribution in [2.75, 3.05) is 32.2 Å².